The smallest absolute Gasteiger partial charge is 0.228 e. The van der Waals surface area contributed by atoms with E-state index >= 15 is 0 Å². The van der Waals surface area contributed by atoms with E-state index in [1.54, 1.807) is 10.9 Å². The molecular weight excluding hydrogens is 276 g/mol. The highest BCUT2D eigenvalue weighted by Crippen LogP contribution is 2.27. The van der Waals surface area contributed by atoms with Crippen LogP contribution >= 0.6 is 0 Å². The second-order valence-corrected chi connectivity index (χ2v) is 5.72. The minimum absolute atomic E-state index is 0.656. The molecular formula is C16H20N6. The van der Waals surface area contributed by atoms with E-state index in [1.807, 2.05) is 26.0 Å². The zero-order valence-corrected chi connectivity index (χ0v) is 13.5. The van der Waals surface area contributed by atoms with Crippen molar-refractivity contribution in [1.29, 1.82) is 0 Å². The van der Waals surface area contributed by atoms with Crippen LogP contribution < -0.4 is 10.2 Å². The van der Waals surface area contributed by atoms with Gasteiger partial charge in [-0.15, -0.1) is 0 Å². The summed E-state index contributed by atoms with van der Waals surface area (Å²) >= 11 is 0. The molecule has 2 aromatic heterocycles. The van der Waals surface area contributed by atoms with Gasteiger partial charge in [0, 0.05) is 26.8 Å². The number of rotatable bonds is 3. The van der Waals surface area contributed by atoms with Crippen molar-refractivity contribution in [3.63, 3.8) is 0 Å². The number of hydrogen-bond acceptors (Lipinski definition) is 5. The van der Waals surface area contributed by atoms with E-state index in [0.29, 0.717) is 5.95 Å². The molecule has 0 aliphatic heterocycles. The van der Waals surface area contributed by atoms with Crippen LogP contribution in [0.5, 0.6) is 0 Å². The van der Waals surface area contributed by atoms with E-state index in [9.17, 15) is 0 Å². The quantitative estimate of drug-likeness (QED) is 0.805. The van der Waals surface area contributed by atoms with Crippen LogP contribution in [0.4, 0.5) is 17.5 Å². The maximum Gasteiger partial charge on any atom is 0.228 e. The number of fused-ring (bicyclic) bond motifs is 1. The topological polar surface area (TPSA) is 58.9 Å². The van der Waals surface area contributed by atoms with Gasteiger partial charge in [-0.1, -0.05) is 17.7 Å². The number of nitrogens with zero attached hydrogens (tertiary/aromatic N) is 5. The summed E-state index contributed by atoms with van der Waals surface area (Å²) in [6.07, 6.45) is 1.79. The first-order valence-corrected chi connectivity index (χ1v) is 7.17. The molecule has 0 aliphatic rings. The summed E-state index contributed by atoms with van der Waals surface area (Å²) in [5.41, 5.74) is 4.28. The Morgan fingerprint density at radius 3 is 2.59 bits per heavy atom. The van der Waals surface area contributed by atoms with Crippen molar-refractivity contribution in [2.75, 3.05) is 24.3 Å². The Balaban J connectivity index is 2.12. The highest BCUT2D eigenvalue weighted by molar-refractivity contribution is 5.89. The molecule has 6 heteroatoms. The summed E-state index contributed by atoms with van der Waals surface area (Å²) < 4.78 is 1.76. The summed E-state index contributed by atoms with van der Waals surface area (Å²) in [6.45, 7) is 4.18. The van der Waals surface area contributed by atoms with Gasteiger partial charge in [0.1, 0.15) is 5.82 Å². The van der Waals surface area contributed by atoms with Crippen molar-refractivity contribution in [2.24, 2.45) is 7.05 Å². The lowest BCUT2D eigenvalue weighted by molar-refractivity contribution is 0.784. The van der Waals surface area contributed by atoms with Crippen LogP contribution in [-0.4, -0.2) is 33.8 Å². The van der Waals surface area contributed by atoms with E-state index in [-0.39, 0.29) is 0 Å². The standard InChI is InChI=1S/C16H20N6/c1-10-6-7-13(11(2)8-10)18-14-12-9-17-22(5)15(12)20-16(19-14)21(3)4/h6-9H,1-5H3,(H,18,19,20). The number of anilines is 3. The van der Waals surface area contributed by atoms with E-state index in [1.165, 1.54) is 11.1 Å². The lowest BCUT2D eigenvalue weighted by Crippen LogP contribution is -2.14. The molecule has 1 N–H and O–H groups in total. The van der Waals surface area contributed by atoms with Gasteiger partial charge in [-0.05, 0) is 25.5 Å². The molecule has 0 saturated heterocycles. The number of hydrogen-bond donors (Lipinski definition) is 1. The van der Waals surface area contributed by atoms with Gasteiger partial charge in [0.15, 0.2) is 5.65 Å². The van der Waals surface area contributed by atoms with Crippen LogP contribution in [-0.2, 0) is 7.05 Å². The average Bonchev–Trinajstić information content (AvgIpc) is 2.84. The van der Waals surface area contributed by atoms with Crippen LogP contribution in [0.2, 0.25) is 0 Å². The molecule has 0 spiro atoms. The fourth-order valence-electron chi connectivity index (χ4n) is 2.39. The van der Waals surface area contributed by atoms with Gasteiger partial charge >= 0.3 is 0 Å². The summed E-state index contributed by atoms with van der Waals surface area (Å²) in [6, 6.07) is 6.31. The molecule has 22 heavy (non-hydrogen) atoms. The number of benzene rings is 1. The normalized spacial score (nSPS) is 11.0. The van der Waals surface area contributed by atoms with Crippen LogP contribution in [0.15, 0.2) is 24.4 Å². The Morgan fingerprint density at radius 1 is 1.14 bits per heavy atom. The van der Waals surface area contributed by atoms with E-state index in [0.717, 1.165) is 22.5 Å². The van der Waals surface area contributed by atoms with Crippen LogP contribution in [0.1, 0.15) is 11.1 Å². The molecule has 0 unspecified atom stereocenters. The lowest BCUT2D eigenvalue weighted by Gasteiger charge is -2.14. The second kappa shape index (κ2) is 5.29. The first-order valence-electron chi connectivity index (χ1n) is 7.17. The molecule has 114 valence electrons. The number of aryl methyl sites for hydroxylation is 3. The van der Waals surface area contributed by atoms with Crippen LogP contribution in [0.3, 0.4) is 0 Å². The van der Waals surface area contributed by atoms with Gasteiger partial charge in [0.05, 0.1) is 11.6 Å². The van der Waals surface area contributed by atoms with Gasteiger partial charge in [0.2, 0.25) is 5.95 Å². The molecule has 0 radical (unpaired) electrons. The maximum absolute atomic E-state index is 4.62. The molecule has 0 aliphatic carbocycles. The van der Waals surface area contributed by atoms with Crippen LogP contribution in [0.25, 0.3) is 11.0 Å². The van der Waals surface area contributed by atoms with Gasteiger partial charge in [-0.25, -0.2) is 0 Å². The molecule has 0 saturated carbocycles. The van der Waals surface area contributed by atoms with Crippen LogP contribution in [0, 0.1) is 13.8 Å². The largest absolute Gasteiger partial charge is 0.347 e. The molecule has 0 amide bonds. The molecule has 0 bridgehead atoms. The summed E-state index contributed by atoms with van der Waals surface area (Å²) in [5, 5.41) is 8.62. The Labute approximate surface area is 129 Å². The zero-order valence-electron chi connectivity index (χ0n) is 13.5. The van der Waals surface area contributed by atoms with Crippen molar-refractivity contribution < 1.29 is 0 Å². The predicted molar refractivity (Wildman–Crippen MR) is 89.8 cm³/mol. The Hall–Kier alpha value is -2.63. The minimum atomic E-state index is 0.656. The molecule has 0 atom stereocenters. The van der Waals surface area contributed by atoms with E-state index in [2.05, 4.69) is 52.4 Å². The molecule has 3 rings (SSSR count). The minimum Gasteiger partial charge on any atom is -0.347 e. The molecule has 0 fully saturated rings. The number of aromatic nitrogens is 4. The third-order valence-corrected chi connectivity index (χ3v) is 3.62. The van der Waals surface area contributed by atoms with Crippen molar-refractivity contribution >= 4 is 28.5 Å². The first kappa shape index (κ1) is 14.3. The van der Waals surface area contributed by atoms with Gasteiger partial charge in [-0.2, -0.15) is 15.1 Å². The SMILES string of the molecule is Cc1ccc(Nc2nc(N(C)C)nc3c2cnn3C)c(C)c1. The highest BCUT2D eigenvalue weighted by Gasteiger charge is 2.13. The average molecular weight is 296 g/mol. The Bertz CT molecular complexity index is 834. The Morgan fingerprint density at radius 2 is 1.91 bits per heavy atom. The maximum atomic E-state index is 4.62. The molecule has 2 heterocycles. The summed E-state index contributed by atoms with van der Waals surface area (Å²) in [5.74, 6) is 1.43. The van der Waals surface area contributed by atoms with Gasteiger partial charge < -0.3 is 10.2 Å². The highest BCUT2D eigenvalue weighted by atomic mass is 15.3. The van der Waals surface area contributed by atoms with Crippen molar-refractivity contribution in [3.05, 3.63) is 35.5 Å². The van der Waals surface area contributed by atoms with Gasteiger partial charge in [0.25, 0.3) is 0 Å². The zero-order chi connectivity index (χ0) is 15.9. The monoisotopic (exact) mass is 296 g/mol. The fraction of sp³-hybridized carbons (Fsp3) is 0.312. The third kappa shape index (κ3) is 2.47. The first-order chi connectivity index (χ1) is 10.5. The van der Waals surface area contributed by atoms with Crippen molar-refractivity contribution in [1.82, 2.24) is 19.7 Å². The predicted octanol–water partition coefficient (Wildman–Crippen LogP) is 2.79. The summed E-state index contributed by atoms with van der Waals surface area (Å²) in [4.78, 5) is 11.1. The van der Waals surface area contributed by atoms with Gasteiger partial charge in [-0.3, -0.25) is 4.68 Å². The van der Waals surface area contributed by atoms with E-state index < -0.39 is 0 Å². The summed E-state index contributed by atoms with van der Waals surface area (Å²) in [7, 11) is 5.74. The fourth-order valence-corrected chi connectivity index (χ4v) is 2.39. The lowest BCUT2D eigenvalue weighted by atomic mass is 10.1. The van der Waals surface area contributed by atoms with Crippen molar-refractivity contribution in [3.8, 4) is 0 Å². The molecule has 1 aromatic carbocycles. The Kier molecular flexibility index (Phi) is 3.44. The third-order valence-electron chi connectivity index (χ3n) is 3.62. The number of nitrogens with one attached hydrogen (secondary N) is 1. The van der Waals surface area contributed by atoms with E-state index in [4.69, 9.17) is 0 Å². The molecule has 6 nitrogen and oxygen atoms in total. The second-order valence-electron chi connectivity index (χ2n) is 5.72. The van der Waals surface area contributed by atoms with Crippen molar-refractivity contribution in [2.45, 2.75) is 13.8 Å². The molecule has 3 aromatic rings.